The van der Waals surface area contributed by atoms with Crippen LogP contribution in [0.25, 0.3) is 0 Å². The van der Waals surface area contributed by atoms with E-state index in [0.29, 0.717) is 6.54 Å². The second-order valence-electron chi connectivity index (χ2n) is 6.87. The van der Waals surface area contributed by atoms with Crippen molar-refractivity contribution in [1.29, 1.82) is 0 Å². The van der Waals surface area contributed by atoms with Gasteiger partial charge in [0.05, 0.1) is 0 Å². The molecule has 1 saturated heterocycles. The summed E-state index contributed by atoms with van der Waals surface area (Å²) in [6.07, 6.45) is 0.974. The summed E-state index contributed by atoms with van der Waals surface area (Å²) in [4.78, 5) is 7.19. The summed E-state index contributed by atoms with van der Waals surface area (Å²) >= 11 is 2.03. The first kappa shape index (κ1) is 23.5. The van der Waals surface area contributed by atoms with Crippen LogP contribution in [0.5, 0.6) is 0 Å². The number of hydrogen-bond acceptors (Lipinski definition) is 5. The van der Waals surface area contributed by atoms with Crippen molar-refractivity contribution in [1.82, 2.24) is 25.0 Å². The van der Waals surface area contributed by atoms with Gasteiger partial charge in [-0.3, -0.25) is 0 Å². The zero-order valence-electron chi connectivity index (χ0n) is 16.6. The molecular weight excluding hydrogens is 463 g/mol. The standard InChI is InChI=1S/C17H32N6OS.HI/c1-6-24-10-7-8-18-16(23-9-11-25-17(3,4)13-23)19-12-15-21-20-14(2)22(15)5;/h6-13H2,1-5H3,(H,18,19);1H. The van der Waals surface area contributed by atoms with E-state index >= 15 is 0 Å². The summed E-state index contributed by atoms with van der Waals surface area (Å²) in [5, 5.41) is 11.8. The lowest BCUT2D eigenvalue weighted by molar-refractivity contribution is 0.145. The number of hydrogen-bond donors (Lipinski definition) is 1. The number of nitrogens with zero attached hydrogens (tertiary/aromatic N) is 5. The Bertz CT molecular complexity index is 578. The molecule has 0 aromatic carbocycles. The number of rotatable bonds is 7. The number of ether oxygens (including phenoxy) is 1. The van der Waals surface area contributed by atoms with E-state index in [0.717, 1.165) is 62.6 Å². The number of nitrogens with one attached hydrogen (secondary N) is 1. The Kier molecular flexibility index (Phi) is 10.2. The van der Waals surface area contributed by atoms with Crippen molar-refractivity contribution in [2.75, 3.05) is 38.6 Å². The monoisotopic (exact) mass is 496 g/mol. The molecule has 1 aromatic heterocycles. The van der Waals surface area contributed by atoms with Gasteiger partial charge in [0.1, 0.15) is 12.4 Å². The van der Waals surface area contributed by atoms with Crippen LogP contribution in [-0.2, 0) is 18.3 Å². The van der Waals surface area contributed by atoms with Crippen LogP contribution in [0.1, 0.15) is 38.8 Å². The Morgan fingerprint density at radius 3 is 2.77 bits per heavy atom. The normalized spacial score (nSPS) is 17.1. The maximum atomic E-state index is 5.42. The molecule has 0 radical (unpaired) electrons. The van der Waals surface area contributed by atoms with Crippen LogP contribution in [0.15, 0.2) is 4.99 Å². The molecular formula is C17H33IN6OS. The van der Waals surface area contributed by atoms with Crippen LogP contribution in [0.3, 0.4) is 0 Å². The summed E-state index contributed by atoms with van der Waals surface area (Å²) in [6.45, 7) is 13.5. The van der Waals surface area contributed by atoms with Crippen LogP contribution in [0.2, 0.25) is 0 Å². The van der Waals surface area contributed by atoms with Gasteiger partial charge in [0.25, 0.3) is 0 Å². The van der Waals surface area contributed by atoms with Gasteiger partial charge in [0.2, 0.25) is 0 Å². The van der Waals surface area contributed by atoms with Crippen molar-refractivity contribution in [2.45, 2.75) is 45.4 Å². The van der Waals surface area contributed by atoms with Gasteiger partial charge in [0.15, 0.2) is 11.8 Å². The Balaban J connectivity index is 0.00000338. The van der Waals surface area contributed by atoms with E-state index < -0.39 is 0 Å². The van der Waals surface area contributed by atoms with Gasteiger partial charge >= 0.3 is 0 Å². The molecule has 0 spiro atoms. The number of aromatic nitrogens is 3. The van der Waals surface area contributed by atoms with Gasteiger partial charge in [-0.2, -0.15) is 11.8 Å². The van der Waals surface area contributed by atoms with Crippen LogP contribution in [0, 0.1) is 6.92 Å². The van der Waals surface area contributed by atoms with Crippen molar-refractivity contribution in [3.05, 3.63) is 11.6 Å². The molecule has 0 amide bonds. The smallest absolute Gasteiger partial charge is 0.194 e. The second kappa shape index (κ2) is 11.3. The minimum absolute atomic E-state index is 0. The van der Waals surface area contributed by atoms with Gasteiger partial charge in [-0.15, -0.1) is 34.2 Å². The highest BCUT2D eigenvalue weighted by atomic mass is 127. The predicted octanol–water partition coefficient (Wildman–Crippen LogP) is 2.44. The lowest BCUT2D eigenvalue weighted by Crippen LogP contribution is -2.51. The quantitative estimate of drug-likeness (QED) is 0.271. The summed E-state index contributed by atoms with van der Waals surface area (Å²) in [7, 11) is 1.98. The fourth-order valence-corrected chi connectivity index (χ4v) is 3.83. The van der Waals surface area contributed by atoms with E-state index in [1.54, 1.807) is 0 Å². The molecule has 1 aliphatic rings. The third-order valence-corrected chi connectivity index (χ3v) is 5.53. The van der Waals surface area contributed by atoms with Crippen molar-refractivity contribution < 1.29 is 4.74 Å². The van der Waals surface area contributed by atoms with Crippen LogP contribution >= 0.6 is 35.7 Å². The lowest BCUT2D eigenvalue weighted by atomic mass is 10.2. The third kappa shape index (κ3) is 7.22. The zero-order chi connectivity index (χ0) is 18.3. The first-order valence-electron chi connectivity index (χ1n) is 9.03. The Morgan fingerprint density at radius 2 is 2.15 bits per heavy atom. The van der Waals surface area contributed by atoms with E-state index in [1.165, 1.54) is 0 Å². The number of aryl methyl sites for hydroxylation is 1. The largest absolute Gasteiger partial charge is 0.382 e. The van der Waals surface area contributed by atoms with Gasteiger partial charge in [-0.05, 0) is 34.1 Å². The van der Waals surface area contributed by atoms with E-state index in [-0.39, 0.29) is 28.7 Å². The first-order valence-corrected chi connectivity index (χ1v) is 10.0. The van der Waals surface area contributed by atoms with Crippen LogP contribution < -0.4 is 5.32 Å². The van der Waals surface area contributed by atoms with Crippen molar-refractivity contribution >= 4 is 41.7 Å². The lowest BCUT2D eigenvalue weighted by Gasteiger charge is -2.39. The molecule has 7 nitrogen and oxygen atoms in total. The molecule has 2 rings (SSSR count). The van der Waals surface area contributed by atoms with Crippen molar-refractivity contribution in [3.8, 4) is 0 Å². The van der Waals surface area contributed by atoms with Gasteiger partial charge in [-0.25, -0.2) is 4.99 Å². The summed E-state index contributed by atoms with van der Waals surface area (Å²) < 4.78 is 7.66. The van der Waals surface area contributed by atoms with Crippen LogP contribution in [0.4, 0.5) is 0 Å². The molecule has 1 N–H and O–H groups in total. The molecule has 0 aliphatic carbocycles. The first-order chi connectivity index (χ1) is 11.9. The molecule has 1 fully saturated rings. The van der Waals surface area contributed by atoms with Crippen molar-refractivity contribution in [3.63, 3.8) is 0 Å². The topological polar surface area (TPSA) is 67.6 Å². The zero-order valence-corrected chi connectivity index (χ0v) is 19.8. The summed E-state index contributed by atoms with van der Waals surface area (Å²) in [5.74, 6) is 3.88. The second-order valence-corrected chi connectivity index (χ2v) is 8.67. The van der Waals surface area contributed by atoms with E-state index in [2.05, 4.69) is 34.3 Å². The highest BCUT2D eigenvalue weighted by molar-refractivity contribution is 14.0. The Morgan fingerprint density at radius 1 is 1.38 bits per heavy atom. The number of aliphatic imine (C=N–C) groups is 1. The van der Waals surface area contributed by atoms with Gasteiger partial charge < -0.3 is 19.5 Å². The summed E-state index contributed by atoms with van der Waals surface area (Å²) in [5.41, 5.74) is 0. The number of guanidine groups is 1. The summed E-state index contributed by atoms with van der Waals surface area (Å²) in [6, 6.07) is 0. The van der Waals surface area contributed by atoms with Crippen molar-refractivity contribution in [2.24, 2.45) is 12.0 Å². The minimum Gasteiger partial charge on any atom is -0.382 e. The molecule has 0 atom stereocenters. The molecule has 0 saturated carbocycles. The van der Waals surface area contributed by atoms with E-state index in [4.69, 9.17) is 9.73 Å². The maximum absolute atomic E-state index is 5.42. The van der Waals surface area contributed by atoms with Gasteiger partial charge in [0, 0.05) is 50.4 Å². The molecule has 0 unspecified atom stereocenters. The fraction of sp³-hybridized carbons (Fsp3) is 0.824. The average molecular weight is 496 g/mol. The van der Waals surface area contributed by atoms with E-state index in [9.17, 15) is 0 Å². The highest BCUT2D eigenvalue weighted by Crippen LogP contribution is 2.29. The van der Waals surface area contributed by atoms with E-state index in [1.807, 2.05) is 37.2 Å². The number of halogens is 1. The molecule has 2 heterocycles. The average Bonchev–Trinajstić information content (AvgIpc) is 2.88. The minimum atomic E-state index is 0. The van der Waals surface area contributed by atoms with Gasteiger partial charge in [-0.1, -0.05) is 0 Å². The molecule has 26 heavy (non-hydrogen) atoms. The molecule has 150 valence electrons. The molecule has 0 bridgehead atoms. The third-order valence-electron chi connectivity index (χ3n) is 4.23. The highest BCUT2D eigenvalue weighted by Gasteiger charge is 2.28. The van der Waals surface area contributed by atoms with Crippen LogP contribution in [-0.4, -0.2) is 69.0 Å². The maximum Gasteiger partial charge on any atom is 0.194 e. The SMILES string of the molecule is CCOCCCNC(=NCc1nnc(C)n1C)N1CCSC(C)(C)C1.I. The molecule has 9 heteroatoms. The Labute approximate surface area is 178 Å². The Hall–Kier alpha value is -0.550. The number of thioether (sulfide) groups is 1. The fourth-order valence-electron chi connectivity index (χ4n) is 2.72. The predicted molar refractivity (Wildman–Crippen MR) is 120 cm³/mol. The molecule has 1 aliphatic heterocycles. The molecule has 1 aromatic rings.